The summed E-state index contributed by atoms with van der Waals surface area (Å²) in [5.74, 6) is 0.363. The first-order valence-electron chi connectivity index (χ1n) is 7.12. The summed E-state index contributed by atoms with van der Waals surface area (Å²) in [6.07, 6.45) is 0.0136. The number of hydrogen-bond donors (Lipinski definition) is 2. The molecule has 0 aliphatic heterocycles. The zero-order chi connectivity index (χ0) is 16.2. The van der Waals surface area contributed by atoms with Crippen LogP contribution in [0.15, 0.2) is 18.2 Å². The van der Waals surface area contributed by atoms with Crippen LogP contribution in [0.25, 0.3) is 0 Å². The van der Waals surface area contributed by atoms with Gasteiger partial charge in [-0.05, 0) is 52.7 Å². The fourth-order valence-electron chi connectivity index (χ4n) is 1.89. The molecule has 0 heterocycles. The molecule has 0 aliphatic rings. The van der Waals surface area contributed by atoms with Crippen molar-refractivity contribution in [2.24, 2.45) is 5.73 Å². The minimum absolute atomic E-state index is 0.00970. The molecule has 0 spiro atoms. The Hall–Kier alpha value is -1.26. The second-order valence-electron chi connectivity index (χ2n) is 6.41. The summed E-state index contributed by atoms with van der Waals surface area (Å²) in [7, 11) is 0. The molecule has 1 aromatic carbocycles. The lowest BCUT2D eigenvalue weighted by Gasteiger charge is -2.24. The molecule has 0 saturated heterocycles. The molecule has 0 radical (unpaired) electrons. The maximum absolute atomic E-state index is 12.1. The summed E-state index contributed by atoms with van der Waals surface area (Å²) in [5, 5.41) is 3.38. The fourth-order valence-corrected chi connectivity index (χ4v) is 2.13. The third-order valence-corrected chi connectivity index (χ3v) is 3.05. The second-order valence-corrected chi connectivity index (χ2v) is 6.82. The summed E-state index contributed by atoms with van der Waals surface area (Å²) in [6, 6.07) is 5.51. The average molecular weight is 313 g/mol. The first kappa shape index (κ1) is 17.8. The second kappa shape index (κ2) is 7.14. The Balaban J connectivity index is 2.89. The first-order chi connectivity index (χ1) is 9.60. The SMILES string of the molecule is CC(N)Cc1cccc(Cl)c1OC(C)C(=O)NC(C)(C)C. The average Bonchev–Trinajstić information content (AvgIpc) is 2.30. The number of carbonyl (C=O) groups excluding carboxylic acids is 1. The highest BCUT2D eigenvalue weighted by Gasteiger charge is 2.22. The van der Waals surface area contributed by atoms with Gasteiger partial charge in [0, 0.05) is 11.6 Å². The lowest BCUT2D eigenvalue weighted by Crippen LogP contribution is -2.46. The summed E-state index contributed by atoms with van der Waals surface area (Å²) in [6.45, 7) is 9.40. The van der Waals surface area contributed by atoms with Crippen molar-refractivity contribution in [1.29, 1.82) is 0 Å². The molecule has 0 aliphatic carbocycles. The molecular formula is C16H25ClN2O2. The predicted molar refractivity (Wildman–Crippen MR) is 86.8 cm³/mol. The van der Waals surface area contributed by atoms with Gasteiger partial charge in [-0.15, -0.1) is 0 Å². The molecule has 4 nitrogen and oxygen atoms in total. The smallest absolute Gasteiger partial charge is 0.261 e. The maximum Gasteiger partial charge on any atom is 0.261 e. The molecule has 2 unspecified atom stereocenters. The molecule has 0 aromatic heterocycles. The molecule has 1 aromatic rings. The van der Waals surface area contributed by atoms with Crippen LogP contribution in [0.5, 0.6) is 5.75 Å². The van der Waals surface area contributed by atoms with E-state index in [1.807, 2.05) is 39.8 Å². The van der Waals surface area contributed by atoms with Crippen molar-refractivity contribution >= 4 is 17.5 Å². The van der Waals surface area contributed by atoms with Crippen LogP contribution in [0.3, 0.4) is 0 Å². The Labute approximate surface area is 132 Å². The molecule has 0 fully saturated rings. The van der Waals surface area contributed by atoms with Crippen molar-refractivity contribution in [2.75, 3.05) is 0 Å². The third kappa shape index (κ3) is 5.94. The molecule has 2 atom stereocenters. The van der Waals surface area contributed by atoms with E-state index in [1.165, 1.54) is 0 Å². The summed E-state index contributed by atoms with van der Waals surface area (Å²) in [5.41, 5.74) is 6.45. The molecule has 3 N–H and O–H groups in total. The lowest BCUT2D eigenvalue weighted by molar-refractivity contribution is -0.128. The minimum atomic E-state index is -0.629. The molecule has 21 heavy (non-hydrogen) atoms. The Morgan fingerprint density at radius 1 is 1.38 bits per heavy atom. The van der Waals surface area contributed by atoms with Crippen molar-refractivity contribution in [3.05, 3.63) is 28.8 Å². The van der Waals surface area contributed by atoms with Gasteiger partial charge >= 0.3 is 0 Å². The van der Waals surface area contributed by atoms with E-state index in [1.54, 1.807) is 13.0 Å². The monoisotopic (exact) mass is 312 g/mol. The van der Waals surface area contributed by atoms with Crippen LogP contribution in [0.1, 0.15) is 40.2 Å². The van der Waals surface area contributed by atoms with Gasteiger partial charge < -0.3 is 15.8 Å². The number of hydrogen-bond acceptors (Lipinski definition) is 3. The van der Waals surface area contributed by atoms with E-state index >= 15 is 0 Å². The van der Waals surface area contributed by atoms with Gasteiger partial charge in [0.2, 0.25) is 0 Å². The van der Waals surface area contributed by atoms with E-state index in [9.17, 15) is 4.79 Å². The van der Waals surface area contributed by atoms with Crippen LogP contribution in [0, 0.1) is 0 Å². The highest BCUT2D eigenvalue weighted by molar-refractivity contribution is 6.32. The Bertz CT molecular complexity index is 496. The number of nitrogens with one attached hydrogen (secondary N) is 1. The van der Waals surface area contributed by atoms with Crippen molar-refractivity contribution in [2.45, 2.75) is 58.7 Å². The lowest BCUT2D eigenvalue weighted by atomic mass is 10.1. The number of carbonyl (C=O) groups is 1. The standard InChI is InChI=1S/C16H25ClN2O2/c1-10(18)9-12-7-6-8-13(17)14(12)21-11(2)15(20)19-16(3,4)5/h6-8,10-11H,9,18H2,1-5H3,(H,19,20). The van der Waals surface area contributed by atoms with Crippen LogP contribution in [0.2, 0.25) is 5.02 Å². The number of rotatable bonds is 5. The zero-order valence-electron chi connectivity index (χ0n) is 13.4. The van der Waals surface area contributed by atoms with Crippen molar-refractivity contribution < 1.29 is 9.53 Å². The largest absolute Gasteiger partial charge is 0.479 e. The van der Waals surface area contributed by atoms with Crippen LogP contribution in [-0.4, -0.2) is 23.6 Å². The van der Waals surface area contributed by atoms with E-state index in [4.69, 9.17) is 22.1 Å². The van der Waals surface area contributed by atoms with E-state index < -0.39 is 6.10 Å². The summed E-state index contributed by atoms with van der Waals surface area (Å²) < 4.78 is 5.79. The number of nitrogens with two attached hydrogens (primary N) is 1. The quantitative estimate of drug-likeness (QED) is 0.878. The van der Waals surface area contributed by atoms with E-state index in [0.717, 1.165) is 5.56 Å². The first-order valence-corrected chi connectivity index (χ1v) is 7.49. The van der Waals surface area contributed by atoms with Crippen LogP contribution < -0.4 is 15.8 Å². The number of ether oxygens (including phenoxy) is 1. The topological polar surface area (TPSA) is 64.3 Å². The van der Waals surface area contributed by atoms with Crippen LogP contribution in [-0.2, 0) is 11.2 Å². The van der Waals surface area contributed by atoms with E-state index in [2.05, 4.69) is 5.32 Å². The number of para-hydroxylation sites is 1. The molecular weight excluding hydrogens is 288 g/mol. The normalized spacial score (nSPS) is 14.4. The number of benzene rings is 1. The summed E-state index contributed by atoms with van der Waals surface area (Å²) in [4.78, 5) is 12.1. The minimum Gasteiger partial charge on any atom is -0.479 e. The van der Waals surface area contributed by atoms with Crippen molar-refractivity contribution in [3.8, 4) is 5.75 Å². The molecule has 0 bridgehead atoms. The van der Waals surface area contributed by atoms with Crippen LogP contribution >= 0.6 is 11.6 Å². The van der Waals surface area contributed by atoms with E-state index in [-0.39, 0.29) is 17.5 Å². The van der Waals surface area contributed by atoms with Gasteiger partial charge in [-0.1, -0.05) is 23.7 Å². The van der Waals surface area contributed by atoms with Gasteiger partial charge in [-0.25, -0.2) is 0 Å². The number of amides is 1. The molecule has 118 valence electrons. The molecule has 0 saturated carbocycles. The van der Waals surface area contributed by atoms with Gasteiger partial charge in [0.1, 0.15) is 5.75 Å². The van der Waals surface area contributed by atoms with Gasteiger partial charge in [-0.3, -0.25) is 4.79 Å². The fraction of sp³-hybridized carbons (Fsp3) is 0.562. The summed E-state index contributed by atoms with van der Waals surface area (Å²) >= 11 is 6.20. The number of halogens is 1. The third-order valence-electron chi connectivity index (χ3n) is 2.75. The van der Waals surface area contributed by atoms with Gasteiger partial charge in [-0.2, -0.15) is 0 Å². The Morgan fingerprint density at radius 3 is 2.52 bits per heavy atom. The Kier molecular flexibility index (Phi) is 6.05. The molecule has 1 rings (SSSR count). The van der Waals surface area contributed by atoms with E-state index in [0.29, 0.717) is 17.2 Å². The maximum atomic E-state index is 12.1. The van der Waals surface area contributed by atoms with Gasteiger partial charge in [0.25, 0.3) is 5.91 Å². The van der Waals surface area contributed by atoms with Crippen molar-refractivity contribution in [1.82, 2.24) is 5.32 Å². The van der Waals surface area contributed by atoms with Gasteiger partial charge in [0.05, 0.1) is 5.02 Å². The Morgan fingerprint density at radius 2 is 2.00 bits per heavy atom. The van der Waals surface area contributed by atoms with Crippen molar-refractivity contribution in [3.63, 3.8) is 0 Å². The highest BCUT2D eigenvalue weighted by Crippen LogP contribution is 2.30. The van der Waals surface area contributed by atoms with Gasteiger partial charge in [0.15, 0.2) is 6.10 Å². The zero-order valence-corrected chi connectivity index (χ0v) is 14.1. The highest BCUT2D eigenvalue weighted by atomic mass is 35.5. The predicted octanol–water partition coefficient (Wildman–Crippen LogP) is 2.91. The van der Waals surface area contributed by atoms with Crippen LogP contribution in [0.4, 0.5) is 0 Å². The molecule has 1 amide bonds. The molecule has 5 heteroatoms.